The lowest BCUT2D eigenvalue weighted by Gasteiger charge is -2.37. The summed E-state index contributed by atoms with van der Waals surface area (Å²) in [6.07, 6.45) is 11.6. The summed E-state index contributed by atoms with van der Waals surface area (Å²) >= 11 is 0. The van der Waals surface area contributed by atoms with E-state index in [1.165, 1.54) is 56.7 Å². The maximum Gasteiger partial charge on any atom is 0.338 e. The fourth-order valence-electron chi connectivity index (χ4n) is 4.72. The summed E-state index contributed by atoms with van der Waals surface area (Å²) in [5, 5.41) is 18.7. The van der Waals surface area contributed by atoms with Crippen LogP contribution in [0.15, 0.2) is 18.2 Å². The Morgan fingerprint density at radius 1 is 0.889 bits per heavy atom. The minimum absolute atomic E-state index is 0.000354. The van der Waals surface area contributed by atoms with Crippen molar-refractivity contribution in [3.63, 3.8) is 0 Å². The summed E-state index contributed by atoms with van der Waals surface area (Å²) < 4.78 is 6.04. The SMILES string of the molecule is O=C(O)c1cc(CO)cc(C(=O)OC(C2CCCCC2)C2CCCCC2)c1. The number of carbonyl (C=O) groups is 2. The van der Waals surface area contributed by atoms with Crippen LogP contribution in [0.5, 0.6) is 0 Å². The van der Waals surface area contributed by atoms with Gasteiger partial charge in [-0.25, -0.2) is 9.59 Å². The van der Waals surface area contributed by atoms with E-state index in [0.717, 1.165) is 25.7 Å². The molecule has 0 aliphatic heterocycles. The van der Waals surface area contributed by atoms with Crippen LogP contribution in [-0.4, -0.2) is 28.3 Å². The molecule has 0 atom stereocenters. The van der Waals surface area contributed by atoms with Gasteiger partial charge < -0.3 is 14.9 Å². The molecule has 2 aliphatic rings. The van der Waals surface area contributed by atoms with Crippen LogP contribution in [0.4, 0.5) is 0 Å². The summed E-state index contributed by atoms with van der Waals surface area (Å²) in [6.45, 7) is -0.309. The third kappa shape index (κ3) is 5.10. The first-order chi connectivity index (χ1) is 13.1. The fourth-order valence-corrected chi connectivity index (χ4v) is 4.72. The van der Waals surface area contributed by atoms with Gasteiger partial charge in [0.15, 0.2) is 0 Å². The molecule has 5 nitrogen and oxygen atoms in total. The zero-order valence-electron chi connectivity index (χ0n) is 15.9. The van der Waals surface area contributed by atoms with Gasteiger partial charge in [0.2, 0.25) is 0 Å². The Bertz CT molecular complexity index is 639. The smallest absolute Gasteiger partial charge is 0.338 e. The fraction of sp³-hybridized carbons (Fsp3) is 0.636. The number of carboxylic acid groups (broad SMARTS) is 1. The normalized spacial score (nSPS) is 19.2. The molecule has 148 valence electrons. The summed E-state index contributed by atoms with van der Waals surface area (Å²) in [4.78, 5) is 24.2. The van der Waals surface area contributed by atoms with E-state index in [1.54, 1.807) is 0 Å². The Balaban J connectivity index is 1.80. The van der Waals surface area contributed by atoms with Crippen molar-refractivity contribution in [3.8, 4) is 0 Å². The predicted molar refractivity (Wildman–Crippen MR) is 102 cm³/mol. The molecule has 2 saturated carbocycles. The maximum absolute atomic E-state index is 12.9. The second-order valence-electron chi connectivity index (χ2n) is 8.05. The van der Waals surface area contributed by atoms with Crippen molar-refractivity contribution in [1.82, 2.24) is 0 Å². The summed E-state index contributed by atoms with van der Waals surface area (Å²) in [5.41, 5.74) is 0.629. The molecular weight excluding hydrogens is 344 g/mol. The lowest BCUT2D eigenvalue weighted by molar-refractivity contribution is -0.0233. The molecule has 0 saturated heterocycles. The third-order valence-electron chi connectivity index (χ3n) is 6.13. The van der Waals surface area contributed by atoms with Gasteiger partial charge in [-0.1, -0.05) is 38.5 Å². The molecular formula is C22H30O5. The van der Waals surface area contributed by atoms with Crippen LogP contribution in [0.2, 0.25) is 0 Å². The number of rotatable bonds is 6. The molecule has 0 unspecified atom stereocenters. The number of hydrogen-bond donors (Lipinski definition) is 2. The highest BCUT2D eigenvalue weighted by Gasteiger charge is 2.34. The molecule has 0 aromatic heterocycles. The standard InChI is InChI=1S/C22H30O5/c23-14-15-11-18(21(24)25)13-19(12-15)22(26)27-20(16-7-3-1-4-8-16)17-9-5-2-6-10-17/h11-13,16-17,20,23H,1-10,14H2,(H,24,25). The summed E-state index contributed by atoms with van der Waals surface area (Å²) in [6, 6.07) is 4.27. The number of carboxylic acids is 1. The van der Waals surface area contributed by atoms with Crippen LogP contribution >= 0.6 is 0 Å². The Morgan fingerprint density at radius 3 is 1.89 bits per heavy atom. The van der Waals surface area contributed by atoms with Gasteiger partial charge in [-0.3, -0.25) is 0 Å². The number of ether oxygens (including phenoxy) is 1. The molecule has 2 fully saturated rings. The molecule has 1 aromatic carbocycles. The lowest BCUT2D eigenvalue weighted by Crippen LogP contribution is -2.36. The molecule has 0 heterocycles. The number of benzene rings is 1. The van der Waals surface area contributed by atoms with Gasteiger partial charge in [-0.05, 0) is 61.3 Å². The van der Waals surface area contributed by atoms with E-state index in [9.17, 15) is 19.8 Å². The third-order valence-corrected chi connectivity index (χ3v) is 6.13. The Hall–Kier alpha value is -1.88. The van der Waals surface area contributed by atoms with Crippen molar-refractivity contribution in [2.45, 2.75) is 76.9 Å². The summed E-state index contributed by atoms with van der Waals surface area (Å²) in [5.74, 6) is -0.763. The Labute approximate surface area is 160 Å². The second kappa shape index (κ2) is 9.36. The molecule has 2 aliphatic carbocycles. The lowest BCUT2D eigenvalue weighted by atomic mass is 9.75. The van der Waals surface area contributed by atoms with E-state index < -0.39 is 11.9 Å². The zero-order valence-corrected chi connectivity index (χ0v) is 15.9. The van der Waals surface area contributed by atoms with Gasteiger partial charge in [0.1, 0.15) is 6.10 Å². The van der Waals surface area contributed by atoms with Crippen LogP contribution in [0, 0.1) is 11.8 Å². The number of aliphatic hydroxyl groups is 1. The van der Waals surface area contributed by atoms with Crippen molar-refractivity contribution in [1.29, 1.82) is 0 Å². The van der Waals surface area contributed by atoms with E-state index in [0.29, 0.717) is 17.4 Å². The van der Waals surface area contributed by atoms with E-state index in [2.05, 4.69) is 0 Å². The number of carbonyl (C=O) groups excluding carboxylic acids is 1. The monoisotopic (exact) mass is 374 g/mol. The van der Waals surface area contributed by atoms with Crippen LogP contribution < -0.4 is 0 Å². The van der Waals surface area contributed by atoms with Crippen molar-refractivity contribution in [2.24, 2.45) is 11.8 Å². The highest BCUT2D eigenvalue weighted by atomic mass is 16.5. The predicted octanol–water partition coefficient (Wildman–Crippen LogP) is 4.56. The largest absolute Gasteiger partial charge is 0.478 e. The molecule has 5 heteroatoms. The van der Waals surface area contributed by atoms with Crippen LogP contribution in [-0.2, 0) is 11.3 Å². The van der Waals surface area contributed by atoms with Gasteiger partial charge in [0, 0.05) is 0 Å². The number of aliphatic hydroxyl groups excluding tert-OH is 1. The van der Waals surface area contributed by atoms with Gasteiger partial charge in [-0.15, -0.1) is 0 Å². The first-order valence-electron chi connectivity index (χ1n) is 10.3. The van der Waals surface area contributed by atoms with E-state index >= 15 is 0 Å². The quantitative estimate of drug-likeness (QED) is 0.713. The molecule has 1 aromatic rings. The van der Waals surface area contributed by atoms with Gasteiger partial charge in [0.05, 0.1) is 17.7 Å². The first-order valence-corrected chi connectivity index (χ1v) is 10.3. The number of esters is 1. The maximum atomic E-state index is 12.9. The average Bonchev–Trinajstić information content (AvgIpc) is 2.72. The number of hydrogen-bond acceptors (Lipinski definition) is 4. The Morgan fingerprint density at radius 2 is 1.41 bits per heavy atom. The van der Waals surface area contributed by atoms with E-state index in [-0.39, 0.29) is 23.8 Å². The molecule has 0 radical (unpaired) electrons. The number of aromatic carboxylic acids is 1. The van der Waals surface area contributed by atoms with Crippen molar-refractivity contribution in [3.05, 3.63) is 34.9 Å². The molecule has 0 spiro atoms. The molecule has 2 N–H and O–H groups in total. The van der Waals surface area contributed by atoms with Gasteiger partial charge in [-0.2, -0.15) is 0 Å². The minimum Gasteiger partial charge on any atom is -0.478 e. The van der Waals surface area contributed by atoms with Crippen LogP contribution in [0.1, 0.15) is 90.5 Å². The highest BCUT2D eigenvalue weighted by molar-refractivity contribution is 5.95. The van der Waals surface area contributed by atoms with Crippen LogP contribution in [0.3, 0.4) is 0 Å². The van der Waals surface area contributed by atoms with Crippen molar-refractivity contribution >= 4 is 11.9 Å². The van der Waals surface area contributed by atoms with E-state index in [1.807, 2.05) is 0 Å². The van der Waals surface area contributed by atoms with Crippen molar-refractivity contribution in [2.75, 3.05) is 0 Å². The molecule has 27 heavy (non-hydrogen) atoms. The van der Waals surface area contributed by atoms with Gasteiger partial charge in [0.25, 0.3) is 0 Å². The van der Waals surface area contributed by atoms with E-state index in [4.69, 9.17) is 4.74 Å². The van der Waals surface area contributed by atoms with Gasteiger partial charge >= 0.3 is 11.9 Å². The minimum atomic E-state index is -1.12. The second-order valence-corrected chi connectivity index (χ2v) is 8.05. The molecule has 3 rings (SSSR count). The highest BCUT2D eigenvalue weighted by Crippen LogP contribution is 2.37. The summed E-state index contributed by atoms with van der Waals surface area (Å²) in [7, 11) is 0. The van der Waals surface area contributed by atoms with Crippen LogP contribution in [0.25, 0.3) is 0 Å². The first kappa shape index (κ1) is 19.9. The molecule has 0 amide bonds. The zero-order chi connectivity index (χ0) is 19.2. The molecule has 0 bridgehead atoms. The topological polar surface area (TPSA) is 83.8 Å². The Kier molecular flexibility index (Phi) is 6.89. The average molecular weight is 374 g/mol. The van der Waals surface area contributed by atoms with Crippen molar-refractivity contribution < 1.29 is 24.5 Å².